The summed E-state index contributed by atoms with van der Waals surface area (Å²) in [6.07, 6.45) is 0. The number of hydrogen-bond donors (Lipinski definition) is 3. The number of carbonyl (C=O) groups is 2. The molecule has 0 unspecified atom stereocenters. The minimum atomic E-state index is -3.85. The number of amides is 1. The lowest BCUT2D eigenvalue weighted by molar-refractivity contribution is -0.138. The van der Waals surface area contributed by atoms with Gasteiger partial charge in [0, 0.05) is 11.8 Å². The van der Waals surface area contributed by atoms with Crippen LogP contribution in [0.15, 0.2) is 16.3 Å². The molecule has 0 spiro atoms. The van der Waals surface area contributed by atoms with Gasteiger partial charge in [-0.15, -0.1) is 11.3 Å². The predicted octanol–water partition coefficient (Wildman–Crippen LogP) is 0.136. The molecule has 1 aromatic rings. The SMILES string of the molecule is CC(=O)NCc1ccc(S(=O)(=O)N[C@@H](C)C(=O)O)s1. The molecule has 0 fully saturated rings. The highest BCUT2D eigenvalue weighted by atomic mass is 32.2. The van der Waals surface area contributed by atoms with Crippen molar-refractivity contribution < 1.29 is 23.1 Å². The Morgan fingerprint density at radius 1 is 1.42 bits per heavy atom. The molecule has 0 saturated carbocycles. The van der Waals surface area contributed by atoms with Crippen LogP contribution < -0.4 is 10.0 Å². The Morgan fingerprint density at radius 3 is 2.58 bits per heavy atom. The van der Waals surface area contributed by atoms with Gasteiger partial charge in [0.05, 0.1) is 6.54 Å². The van der Waals surface area contributed by atoms with Crippen molar-refractivity contribution in [2.24, 2.45) is 0 Å². The molecule has 0 radical (unpaired) electrons. The van der Waals surface area contributed by atoms with Crippen molar-refractivity contribution in [2.45, 2.75) is 30.6 Å². The summed E-state index contributed by atoms with van der Waals surface area (Å²) < 4.78 is 25.8. The number of nitrogens with one attached hydrogen (secondary N) is 2. The van der Waals surface area contributed by atoms with Gasteiger partial charge in [0.1, 0.15) is 10.3 Å². The van der Waals surface area contributed by atoms with Gasteiger partial charge in [-0.05, 0) is 19.1 Å². The summed E-state index contributed by atoms with van der Waals surface area (Å²) in [5.74, 6) is -1.46. The summed E-state index contributed by atoms with van der Waals surface area (Å²) in [4.78, 5) is 22.0. The van der Waals surface area contributed by atoms with E-state index in [0.717, 1.165) is 11.3 Å². The number of thiophene rings is 1. The van der Waals surface area contributed by atoms with Crippen molar-refractivity contribution in [2.75, 3.05) is 0 Å². The Kier molecular flexibility index (Phi) is 5.04. The number of hydrogen-bond acceptors (Lipinski definition) is 5. The van der Waals surface area contributed by atoms with Crippen LogP contribution in [-0.4, -0.2) is 31.4 Å². The molecular weight excluding hydrogens is 292 g/mol. The molecule has 1 atom stereocenters. The van der Waals surface area contributed by atoms with Crippen LogP contribution in [0.3, 0.4) is 0 Å². The molecule has 19 heavy (non-hydrogen) atoms. The van der Waals surface area contributed by atoms with E-state index in [-0.39, 0.29) is 16.7 Å². The lowest BCUT2D eigenvalue weighted by atomic mass is 10.4. The average molecular weight is 306 g/mol. The molecule has 0 aliphatic carbocycles. The van der Waals surface area contributed by atoms with E-state index in [1.165, 1.54) is 19.9 Å². The normalized spacial score (nSPS) is 12.9. The lowest BCUT2D eigenvalue weighted by Gasteiger charge is -2.08. The first-order chi connectivity index (χ1) is 8.72. The molecule has 9 heteroatoms. The van der Waals surface area contributed by atoms with E-state index < -0.39 is 22.0 Å². The fraction of sp³-hybridized carbons (Fsp3) is 0.400. The van der Waals surface area contributed by atoms with Gasteiger partial charge in [0.25, 0.3) is 10.0 Å². The maximum atomic E-state index is 11.8. The lowest BCUT2D eigenvalue weighted by Crippen LogP contribution is -2.37. The number of carboxylic acids is 1. The smallest absolute Gasteiger partial charge is 0.321 e. The van der Waals surface area contributed by atoms with Gasteiger partial charge in [-0.2, -0.15) is 4.72 Å². The number of carbonyl (C=O) groups excluding carboxylic acids is 1. The highest BCUT2D eigenvalue weighted by Gasteiger charge is 2.22. The van der Waals surface area contributed by atoms with E-state index in [1.807, 2.05) is 4.72 Å². The van der Waals surface area contributed by atoms with Crippen LogP contribution in [-0.2, 0) is 26.2 Å². The van der Waals surface area contributed by atoms with Crippen molar-refractivity contribution in [3.63, 3.8) is 0 Å². The topological polar surface area (TPSA) is 113 Å². The van der Waals surface area contributed by atoms with Gasteiger partial charge in [-0.3, -0.25) is 9.59 Å². The molecule has 0 aliphatic heterocycles. The van der Waals surface area contributed by atoms with Crippen molar-refractivity contribution in [3.8, 4) is 0 Å². The minimum Gasteiger partial charge on any atom is -0.480 e. The highest BCUT2D eigenvalue weighted by Crippen LogP contribution is 2.21. The summed E-state index contributed by atoms with van der Waals surface area (Å²) in [6.45, 7) is 2.84. The second-order valence-electron chi connectivity index (χ2n) is 3.81. The van der Waals surface area contributed by atoms with E-state index in [2.05, 4.69) is 5.32 Å². The van der Waals surface area contributed by atoms with Crippen LogP contribution in [0.25, 0.3) is 0 Å². The molecule has 1 aromatic heterocycles. The molecule has 0 aliphatic rings. The third-order valence-corrected chi connectivity index (χ3v) is 5.23. The summed E-state index contributed by atoms with van der Waals surface area (Å²) in [5.41, 5.74) is 0. The van der Waals surface area contributed by atoms with Crippen molar-refractivity contribution in [1.29, 1.82) is 0 Å². The van der Waals surface area contributed by atoms with E-state index in [9.17, 15) is 18.0 Å². The van der Waals surface area contributed by atoms with Crippen molar-refractivity contribution in [1.82, 2.24) is 10.0 Å². The van der Waals surface area contributed by atoms with Crippen LogP contribution in [0, 0.1) is 0 Å². The van der Waals surface area contributed by atoms with E-state index >= 15 is 0 Å². The molecule has 106 valence electrons. The largest absolute Gasteiger partial charge is 0.480 e. The number of sulfonamides is 1. The molecule has 0 bridgehead atoms. The maximum absolute atomic E-state index is 11.8. The van der Waals surface area contributed by atoms with Gasteiger partial charge in [-0.25, -0.2) is 8.42 Å². The number of aliphatic carboxylic acids is 1. The van der Waals surface area contributed by atoms with Gasteiger partial charge in [-0.1, -0.05) is 0 Å². The first-order valence-electron chi connectivity index (χ1n) is 5.30. The summed E-state index contributed by atoms with van der Waals surface area (Å²) in [5, 5.41) is 11.2. The Morgan fingerprint density at radius 2 is 2.05 bits per heavy atom. The summed E-state index contributed by atoms with van der Waals surface area (Å²) in [7, 11) is -3.85. The molecule has 1 rings (SSSR count). The third-order valence-electron chi connectivity index (χ3n) is 2.12. The van der Waals surface area contributed by atoms with Gasteiger partial charge in [0.2, 0.25) is 5.91 Å². The molecule has 0 saturated heterocycles. The Hall–Kier alpha value is -1.45. The second-order valence-corrected chi connectivity index (χ2v) is 6.92. The van der Waals surface area contributed by atoms with Crippen molar-refractivity contribution in [3.05, 3.63) is 17.0 Å². The van der Waals surface area contributed by atoms with Crippen LogP contribution in [0.4, 0.5) is 0 Å². The van der Waals surface area contributed by atoms with E-state index in [0.29, 0.717) is 4.88 Å². The fourth-order valence-corrected chi connectivity index (χ4v) is 3.66. The zero-order valence-corrected chi connectivity index (χ0v) is 12.0. The zero-order valence-electron chi connectivity index (χ0n) is 10.3. The molecule has 0 aromatic carbocycles. The monoisotopic (exact) mass is 306 g/mol. The van der Waals surface area contributed by atoms with Gasteiger partial charge in [0.15, 0.2) is 0 Å². The summed E-state index contributed by atoms with van der Waals surface area (Å²) >= 11 is 0.977. The molecular formula is C10H14N2O5S2. The van der Waals surface area contributed by atoms with E-state index in [4.69, 9.17) is 5.11 Å². The Balaban J connectivity index is 2.79. The maximum Gasteiger partial charge on any atom is 0.321 e. The van der Waals surface area contributed by atoms with Gasteiger partial charge < -0.3 is 10.4 Å². The van der Waals surface area contributed by atoms with E-state index in [1.54, 1.807) is 6.07 Å². The molecule has 7 nitrogen and oxygen atoms in total. The Bertz CT molecular complexity index is 578. The first-order valence-corrected chi connectivity index (χ1v) is 7.60. The standard InChI is InChI=1S/C10H14N2O5S2/c1-6(10(14)15)12-19(16,17)9-4-3-8(18-9)5-11-7(2)13/h3-4,6,12H,5H2,1-2H3,(H,11,13)(H,14,15)/t6-/m0/s1. The molecule has 1 heterocycles. The summed E-state index contributed by atoms with van der Waals surface area (Å²) in [6, 6.07) is 1.74. The first kappa shape index (κ1) is 15.6. The Labute approximate surface area is 114 Å². The number of carboxylic acid groups (broad SMARTS) is 1. The average Bonchev–Trinajstić information content (AvgIpc) is 2.74. The molecule has 1 amide bonds. The van der Waals surface area contributed by atoms with Crippen molar-refractivity contribution >= 4 is 33.2 Å². The number of rotatable bonds is 6. The zero-order chi connectivity index (χ0) is 14.6. The quantitative estimate of drug-likeness (QED) is 0.692. The molecule has 3 N–H and O–H groups in total. The van der Waals surface area contributed by atoms with Crippen LogP contribution >= 0.6 is 11.3 Å². The highest BCUT2D eigenvalue weighted by molar-refractivity contribution is 7.91. The second kappa shape index (κ2) is 6.13. The van der Waals surface area contributed by atoms with Gasteiger partial charge >= 0.3 is 5.97 Å². The third kappa shape index (κ3) is 4.62. The van der Waals surface area contributed by atoms with Crippen LogP contribution in [0.1, 0.15) is 18.7 Å². The minimum absolute atomic E-state index is 0.0148. The predicted molar refractivity (Wildman–Crippen MR) is 69.3 cm³/mol. The van der Waals surface area contributed by atoms with Crippen LogP contribution in [0.2, 0.25) is 0 Å². The van der Waals surface area contributed by atoms with Crippen LogP contribution in [0.5, 0.6) is 0 Å². The fourth-order valence-electron chi connectivity index (χ4n) is 1.15.